The van der Waals surface area contributed by atoms with Crippen molar-refractivity contribution in [2.45, 2.75) is 32.1 Å². The lowest BCUT2D eigenvalue weighted by atomic mass is 9.93. The van der Waals surface area contributed by atoms with E-state index in [-0.39, 0.29) is 23.7 Å². The zero-order chi connectivity index (χ0) is 14.7. The fourth-order valence-corrected chi connectivity index (χ4v) is 2.50. The van der Waals surface area contributed by atoms with Gasteiger partial charge in [0.25, 0.3) is 0 Å². The lowest BCUT2D eigenvalue weighted by Gasteiger charge is -2.17. The molecule has 2 amide bonds. The van der Waals surface area contributed by atoms with Gasteiger partial charge in [0.05, 0.1) is 0 Å². The number of carbonyl (C=O) groups excluding carboxylic acids is 2. The van der Waals surface area contributed by atoms with Crippen LogP contribution in [0.4, 0.5) is 11.4 Å². The van der Waals surface area contributed by atoms with Crippen molar-refractivity contribution in [3.8, 4) is 0 Å². The average molecular weight is 284 g/mol. The first kappa shape index (κ1) is 13.9. The van der Waals surface area contributed by atoms with Crippen LogP contribution in [0, 0.1) is 11.8 Å². The maximum Gasteiger partial charge on any atom is 0.227 e. The van der Waals surface area contributed by atoms with Gasteiger partial charge in [0.2, 0.25) is 11.8 Å². The van der Waals surface area contributed by atoms with Gasteiger partial charge in [-0.15, -0.1) is 0 Å². The van der Waals surface area contributed by atoms with Crippen LogP contribution in [-0.4, -0.2) is 11.8 Å². The highest BCUT2D eigenvalue weighted by molar-refractivity contribution is 5.95. The van der Waals surface area contributed by atoms with Crippen LogP contribution in [0.5, 0.6) is 0 Å². The van der Waals surface area contributed by atoms with Gasteiger partial charge in [-0.1, -0.05) is 12.2 Å². The Morgan fingerprint density at radius 3 is 1.86 bits per heavy atom. The number of rotatable bonds is 4. The minimum absolute atomic E-state index is 0.0734. The highest BCUT2D eigenvalue weighted by Crippen LogP contribution is 2.30. The Bertz CT molecular complexity index is 559. The van der Waals surface area contributed by atoms with Crippen LogP contribution in [-0.2, 0) is 9.59 Å². The molecule has 2 aliphatic rings. The summed E-state index contributed by atoms with van der Waals surface area (Å²) >= 11 is 0. The van der Waals surface area contributed by atoms with Crippen LogP contribution in [0.1, 0.15) is 32.1 Å². The van der Waals surface area contributed by atoms with Crippen molar-refractivity contribution >= 4 is 23.2 Å². The van der Waals surface area contributed by atoms with E-state index in [1.54, 1.807) is 0 Å². The lowest BCUT2D eigenvalue weighted by Crippen LogP contribution is -2.23. The normalized spacial score (nSPS) is 20.9. The lowest BCUT2D eigenvalue weighted by molar-refractivity contribution is -0.120. The Kier molecular flexibility index (Phi) is 4.04. The molecule has 0 aliphatic heterocycles. The molecule has 1 fully saturated rings. The van der Waals surface area contributed by atoms with E-state index in [4.69, 9.17) is 0 Å². The summed E-state index contributed by atoms with van der Waals surface area (Å²) in [7, 11) is 0. The summed E-state index contributed by atoms with van der Waals surface area (Å²) in [6.07, 6.45) is 8.90. The number of amides is 2. The predicted octanol–water partition coefficient (Wildman–Crippen LogP) is 3.33. The summed E-state index contributed by atoms with van der Waals surface area (Å²) in [5.41, 5.74) is 1.56. The van der Waals surface area contributed by atoms with Crippen LogP contribution < -0.4 is 10.6 Å². The first-order valence-electron chi connectivity index (χ1n) is 7.59. The number of benzene rings is 1. The summed E-state index contributed by atoms with van der Waals surface area (Å²) in [6, 6.07) is 7.32. The zero-order valence-electron chi connectivity index (χ0n) is 12.0. The molecule has 0 radical (unpaired) electrons. The van der Waals surface area contributed by atoms with Crippen molar-refractivity contribution in [1.29, 1.82) is 0 Å². The van der Waals surface area contributed by atoms with Crippen LogP contribution in [0.3, 0.4) is 0 Å². The molecule has 1 atom stereocenters. The third-order valence-corrected chi connectivity index (χ3v) is 4.01. The molecule has 0 saturated heterocycles. The summed E-state index contributed by atoms with van der Waals surface area (Å²) in [5.74, 6) is 0.447. The number of carbonyl (C=O) groups is 2. The SMILES string of the molecule is O=C(Nc1ccc(NC(=O)C2CC2)cc1)C1CC=CCC1. The highest BCUT2D eigenvalue weighted by atomic mass is 16.2. The zero-order valence-corrected chi connectivity index (χ0v) is 12.0. The van der Waals surface area contributed by atoms with Gasteiger partial charge in [0.1, 0.15) is 0 Å². The molecule has 0 bridgehead atoms. The third kappa shape index (κ3) is 3.72. The van der Waals surface area contributed by atoms with Gasteiger partial charge in [-0.05, 0) is 56.4 Å². The Morgan fingerprint density at radius 2 is 1.38 bits per heavy atom. The maximum absolute atomic E-state index is 12.1. The van der Waals surface area contributed by atoms with Crippen LogP contribution >= 0.6 is 0 Å². The van der Waals surface area contributed by atoms with Crippen molar-refractivity contribution in [2.75, 3.05) is 10.6 Å². The molecule has 21 heavy (non-hydrogen) atoms. The van der Waals surface area contributed by atoms with E-state index < -0.39 is 0 Å². The maximum atomic E-state index is 12.1. The van der Waals surface area contributed by atoms with E-state index in [0.717, 1.165) is 43.5 Å². The topological polar surface area (TPSA) is 58.2 Å². The van der Waals surface area contributed by atoms with Crippen molar-refractivity contribution in [3.63, 3.8) is 0 Å². The van der Waals surface area contributed by atoms with Crippen LogP contribution in [0.25, 0.3) is 0 Å². The van der Waals surface area contributed by atoms with Gasteiger partial charge in [0, 0.05) is 23.2 Å². The fourth-order valence-electron chi connectivity index (χ4n) is 2.50. The molecule has 1 aromatic carbocycles. The molecule has 0 spiro atoms. The summed E-state index contributed by atoms with van der Waals surface area (Å²) in [5, 5.41) is 5.83. The van der Waals surface area contributed by atoms with Gasteiger partial charge < -0.3 is 10.6 Å². The molecule has 2 N–H and O–H groups in total. The quantitative estimate of drug-likeness (QED) is 0.833. The average Bonchev–Trinajstić information content (AvgIpc) is 3.35. The first-order chi connectivity index (χ1) is 10.2. The number of nitrogens with one attached hydrogen (secondary N) is 2. The largest absolute Gasteiger partial charge is 0.326 e. The molecule has 1 saturated carbocycles. The molecule has 110 valence electrons. The number of anilines is 2. The Balaban J connectivity index is 1.54. The van der Waals surface area contributed by atoms with Gasteiger partial charge in [-0.25, -0.2) is 0 Å². The molecule has 0 aromatic heterocycles. The van der Waals surface area contributed by atoms with E-state index >= 15 is 0 Å². The third-order valence-electron chi connectivity index (χ3n) is 4.01. The highest BCUT2D eigenvalue weighted by Gasteiger charge is 2.29. The molecule has 1 unspecified atom stereocenters. The first-order valence-corrected chi connectivity index (χ1v) is 7.59. The van der Waals surface area contributed by atoms with Crippen molar-refractivity contribution in [3.05, 3.63) is 36.4 Å². The second-order valence-corrected chi connectivity index (χ2v) is 5.81. The van der Waals surface area contributed by atoms with Gasteiger partial charge in [0.15, 0.2) is 0 Å². The van der Waals surface area contributed by atoms with Gasteiger partial charge in [-0.3, -0.25) is 9.59 Å². The molecule has 3 rings (SSSR count). The van der Waals surface area contributed by atoms with Crippen LogP contribution in [0.2, 0.25) is 0 Å². The smallest absolute Gasteiger partial charge is 0.227 e. The second kappa shape index (κ2) is 6.12. The van der Waals surface area contributed by atoms with Gasteiger partial charge >= 0.3 is 0 Å². The van der Waals surface area contributed by atoms with E-state index in [0.29, 0.717) is 0 Å². The van der Waals surface area contributed by atoms with E-state index in [2.05, 4.69) is 22.8 Å². The minimum atomic E-state index is 0.0734. The number of hydrogen-bond donors (Lipinski definition) is 2. The van der Waals surface area contributed by atoms with E-state index in [9.17, 15) is 9.59 Å². The molecule has 4 heteroatoms. The van der Waals surface area contributed by atoms with Crippen molar-refractivity contribution < 1.29 is 9.59 Å². The molecule has 0 heterocycles. The number of hydrogen-bond acceptors (Lipinski definition) is 2. The number of allylic oxidation sites excluding steroid dienone is 2. The summed E-state index contributed by atoms with van der Waals surface area (Å²) < 4.78 is 0. The van der Waals surface area contributed by atoms with Crippen LogP contribution in [0.15, 0.2) is 36.4 Å². The Hall–Kier alpha value is -2.10. The Labute approximate surface area is 124 Å². The molecular weight excluding hydrogens is 264 g/mol. The van der Waals surface area contributed by atoms with Crippen molar-refractivity contribution in [2.24, 2.45) is 11.8 Å². The van der Waals surface area contributed by atoms with Gasteiger partial charge in [-0.2, -0.15) is 0 Å². The van der Waals surface area contributed by atoms with Crippen molar-refractivity contribution in [1.82, 2.24) is 0 Å². The van der Waals surface area contributed by atoms with E-state index in [1.165, 1.54) is 0 Å². The molecule has 2 aliphatic carbocycles. The standard InChI is InChI=1S/C17H20N2O2/c20-16(12-4-2-1-3-5-12)18-14-8-10-15(11-9-14)19-17(21)13-6-7-13/h1-2,8-13H,3-7H2,(H,18,20)(H,19,21). The summed E-state index contributed by atoms with van der Waals surface area (Å²) in [6.45, 7) is 0. The minimum Gasteiger partial charge on any atom is -0.326 e. The predicted molar refractivity (Wildman–Crippen MR) is 82.9 cm³/mol. The molecule has 1 aromatic rings. The summed E-state index contributed by atoms with van der Waals surface area (Å²) in [4.78, 5) is 23.8. The van der Waals surface area contributed by atoms with E-state index in [1.807, 2.05) is 24.3 Å². The fraction of sp³-hybridized carbons (Fsp3) is 0.412. The Morgan fingerprint density at radius 1 is 0.810 bits per heavy atom. The molecular formula is C17H20N2O2. The molecule has 4 nitrogen and oxygen atoms in total. The monoisotopic (exact) mass is 284 g/mol. The second-order valence-electron chi connectivity index (χ2n) is 5.81.